The SMILES string of the molecule is Cc1ccc(C)c(-n2nnc(C3CCNC3)n2)c1. The summed E-state index contributed by atoms with van der Waals surface area (Å²) in [7, 11) is 0. The van der Waals surface area contributed by atoms with Gasteiger partial charge in [0.05, 0.1) is 5.69 Å². The minimum absolute atomic E-state index is 0.406. The minimum Gasteiger partial charge on any atom is -0.316 e. The van der Waals surface area contributed by atoms with Crippen LogP contribution in [-0.2, 0) is 0 Å². The summed E-state index contributed by atoms with van der Waals surface area (Å²) < 4.78 is 0. The van der Waals surface area contributed by atoms with Crippen LogP contribution in [0.1, 0.15) is 29.3 Å². The Morgan fingerprint density at radius 3 is 3.00 bits per heavy atom. The molecule has 0 amide bonds. The number of aryl methyl sites for hydroxylation is 2. The van der Waals surface area contributed by atoms with Crippen LogP contribution in [0.5, 0.6) is 0 Å². The summed E-state index contributed by atoms with van der Waals surface area (Å²) in [6.45, 7) is 6.14. The van der Waals surface area contributed by atoms with E-state index in [9.17, 15) is 0 Å². The van der Waals surface area contributed by atoms with Gasteiger partial charge in [0, 0.05) is 12.5 Å². The van der Waals surface area contributed by atoms with Crippen molar-refractivity contribution in [3.63, 3.8) is 0 Å². The molecule has 1 aromatic carbocycles. The Labute approximate surface area is 106 Å². The highest BCUT2D eigenvalue weighted by atomic mass is 15.6. The second-order valence-electron chi connectivity index (χ2n) is 4.92. The van der Waals surface area contributed by atoms with E-state index < -0.39 is 0 Å². The van der Waals surface area contributed by atoms with Crippen LogP contribution in [0.3, 0.4) is 0 Å². The molecule has 1 N–H and O–H groups in total. The fraction of sp³-hybridized carbons (Fsp3) is 0.462. The smallest absolute Gasteiger partial charge is 0.179 e. The molecule has 1 saturated heterocycles. The summed E-state index contributed by atoms with van der Waals surface area (Å²) in [6, 6.07) is 6.27. The van der Waals surface area contributed by atoms with Crippen LogP contribution in [0.2, 0.25) is 0 Å². The average molecular weight is 243 g/mol. The van der Waals surface area contributed by atoms with Crippen molar-refractivity contribution in [1.29, 1.82) is 0 Å². The summed E-state index contributed by atoms with van der Waals surface area (Å²) >= 11 is 0. The first-order valence-corrected chi connectivity index (χ1v) is 6.32. The molecule has 1 fully saturated rings. The lowest BCUT2D eigenvalue weighted by atomic mass is 10.1. The van der Waals surface area contributed by atoms with E-state index in [1.807, 2.05) is 0 Å². The predicted octanol–water partition coefficient (Wildman–Crippen LogP) is 1.36. The number of rotatable bonds is 2. The minimum atomic E-state index is 0.406. The first-order chi connectivity index (χ1) is 8.74. The highest BCUT2D eigenvalue weighted by molar-refractivity contribution is 5.41. The van der Waals surface area contributed by atoms with Gasteiger partial charge in [0.1, 0.15) is 0 Å². The van der Waals surface area contributed by atoms with E-state index in [-0.39, 0.29) is 0 Å². The van der Waals surface area contributed by atoms with Crippen molar-refractivity contribution in [3.05, 3.63) is 35.2 Å². The molecule has 1 aliphatic rings. The standard InChI is InChI=1S/C13H17N5/c1-9-3-4-10(2)12(7-9)18-16-13(15-17-18)11-5-6-14-8-11/h3-4,7,11,14H,5-6,8H2,1-2H3. The molecule has 0 radical (unpaired) electrons. The van der Waals surface area contributed by atoms with Crippen LogP contribution >= 0.6 is 0 Å². The number of tetrazole rings is 1. The maximum Gasteiger partial charge on any atom is 0.179 e. The third kappa shape index (κ3) is 2.01. The zero-order valence-electron chi connectivity index (χ0n) is 10.7. The molecule has 3 rings (SSSR count). The second-order valence-corrected chi connectivity index (χ2v) is 4.92. The van der Waals surface area contributed by atoms with Gasteiger partial charge in [-0.2, -0.15) is 0 Å². The summed E-state index contributed by atoms with van der Waals surface area (Å²) in [6.07, 6.45) is 1.10. The Kier molecular flexibility index (Phi) is 2.83. The van der Waals surface area contributed by atoms with E-state index in [0.29, 0.717) is 5.92 Å². The first kappa shape index (κ1) is 11.3. The van der Waals surface area contributed by atoms with Gasteiger partial charge in [0.2, 0.25) is 0 Å². The number of hydrogen-bond acceptors (Lipinski definition) is 4. The quantitative estimate of drug-likeness (QED) is 0.865. The molecule has 1 unspecified atom stereocenters. The van der Waals surface area contributed by atoms with Crippen molar-refractivity contribution >= 4 is 0 Å². The normalized spacial score (nSPS) is 19.3. The Bertz CT molecular complexity index is 554. The van der Waals surface area contributed by atoms with Gasteiger partial charge in [-0.05, 0) is 49.2 Å². The van der Waals surface area contributed by atoms with Gasteiger partial charge in [-0.25, -0.2) is 0 Å². The van der Waals surface area contributed by atoms with E-state index in [1.54, 1.807) is 4.80 Å². The Hall–Kier alpha value is -1.75. The maximum absolute atomic E-state index is 4.52. The largest absolute Gasteiger partial charge is 0.316 e. The lowest BCUT2D eigenvalue weighted by Crippen LogP contribution is -2.09. The Morgan fingerprint density at radius 2 is 2.22 bits per heavy atom. The molecule has 5 heteroatoms. The van der Waals surface area contributed by atoms with E-state index in [1.165, 1.54) is 5.56 Å². The highest BCUT2D eigenvalue weighted by Gasteiger charge is 2.21. The van der Waals surface area contributed by atoms with Crippen LogP contribution in [0.15, 0.2) is 18.2 Å². The predicted molar refractivity (Wildman–Crippen MR) is 68.9 cm³/mol. The third-order valence-electron chi connectivity index (χ3n) is 3.43. The van der Waals surface area contributed by atoms with Crippen LogP contribution in [-0.4, -0.2) is 33.3 Å². The summed E-state index contributed by atoms with van der Waals surface area (Å²) in [5.74, 6) is 1.25. The van der Waals surface area contributed by atoms with Crippen molar-refractivity contribution in [3.8, 4) is 5.69 Å². The molecule has 0 spiro atoms. The summed E-state index contributed by atoms with van der Waals surface area (Å²) in [4.78, 5) is 1.65. The zero-order chi connectivity index (χ0) is 12.5. The molecular weight excluding hydrogens is 226 g/mol. The van der Waals surface area contributed by atoms with Gasteiger partial charge in [0.15, 0.2) is 5.82 Å². The van der Waals surface area contributed by atoms with E-state index in [2.05, 4.69) is 52.8 Å². The van der Waals surface area contributed by atoms with Crippen LogP contribution in [0.4, 0.5) is 0 Å². The molecule has 2 aromatic rings. The van der Waals surface area contributed by atoms with Crippen molar-refractivity contribution in [1.82, 2.24) is 25.5 Å². The Balaban J connectivity index is 1.94. The fourth-order valence-corrected chi connectivity index (χ4v) is 2.30. The average Bonchev–Trinajstić information content (AvgIpc) is 3.00. The van der Waals surface area contributed by atoms with E-state index in [4.69, 9.17) is 0 Å². The molecule has 1 aliphatic heterocycles. The number of aromatic nitrogens is 4. The van der Waals surface area contributed by atoms with Gasteiger partial charge in [-0.15, -0.1) is 15.0 Å². The molecular formula is C13H17N5. The van der Waals surface area contributed by atoms with Crippen molar-refractivity contribution in [2.75, 3.05) is 13.1 Å². The monoisotopic (exact) mass is 243 g/mol. The number of hydrogen-bond donors (Lipinski definition) is 1. The van der Waals surface area contributed by atoms with Gasteiger partial charge in [-0.3, -0.25) is 0 Å². The van der Waals surface area contributed by atoms with E-state index >= 15 is 0 Å². The molecule has 0 saturated carbocycles. The number of nitrogens with one attached hydrogen (secondary N) is 1. The molecule has 0 bridgehead atoms. The van der Waals surface area contributed by atoms with Crippen molar-refractivity contribution in [2.24, 2.45) is 0 Å². The topological polar surface area (TPSA) is 55.6 Å². The van der Waals surface area contributed by atoms with Gasteiger partial charge >= 0.3 is 0 Å². The maximum atomic E-state index is 4.52. The third-order valence-corrected chi connectivity index (χ3v) is 3.43. The van der Waals surface area contributed by atoms with Crippen molar-refractivity contribution < 1.29 is 0 Å². The molecule has 94 valence electrons. The first-order valence-electron chi connectivity index (χ1n) is 6.32. The zero-order valence-corrected chi connectivity index (χ0v) is 10.7. The molecule has 1 atom stereocenters. The summed E-state index contributed by atoms with van der Waals surface area (Å²) in [5.41, 5.74) is 3.38. The fourth-order valence-electron chi connectivity index (χ4n) is 2.30. The van der Waals surface area contributed by atoms with Gasteiger partial charge < -0.3 is 5.32 Å². The number of benzene rings is 1. The molecule has 1 aromatic heterocycles. The van der Waals surface area contributed by atoms with Crippen LogP contribution in [0.25, 0.3) is 5.69 Å². The lowest BCUT2D eigenvalue weighted by molar-refractivity contribution is 0.686. The van der Waals surface area contributed by atoms with Crippen LogP contribution in [0, 0.1) is 13.8 Å². The van der Waals surface area contributed by atoms with Crippen LogP contribution < -0.4 is 5.32 Å². The lowest BCUT2D eigenvalue weighted by Gasteiger charge is -2.04. The molecule has 2 heterocycles. The molecule has 18 heavy (non-hydrogen) atoms. The second kappa shape index (κ2) is 4.49. The van der Waals surface area contributed by atoms with Gasteiger partial charge in [0.25, 0.3) is 0 Å². The molecule has 0 aliphatic carbocycles. The number of nitrogens with zero attached hydrogens (tertiary/aromatic N) is 4. The van der Waals surface area contributed by atoms with Gasteiger partial charge in [-0.1, -0.05) is 12.1 Å². The summed E-state index contributed by atoms with van der Waals surface area (Å²) in [5, 5.41) is 16.2. The highest BCUT2D eigenvalue weighted by Crippen LogP contribution is 2.19. The van der Waals surface area contributed by atoms with Crippen molar-refractivity contribution in [2.45, 2.75) is 26.2 Å². The van der Waals surface area contributed by atoms with E-state index in [0.717, 1.165) is 36.6 Å². The molecule has 5 nitrogen and oxygen atoms in total. The Morgan fingerprint density at radius 1 is 1.33 bits per heavy atom.